The molecule has 0 aliphatic heterocycles. The van der Waals surface area contributed by atoms with E-state index in [9.17, 15) is 8.42 Å². The number of hydrogen-bond donors (Lipinski definition) is 0. The van der Waals surface area contributed by atoms with Crippen molar-refractivity contribution in [1.29, 1.82) is 0 Å². The van der Waals surface area contributed by atoms with Gasteiger partial charge in [0.1, 0.15) is 0 Å². The first-order chi connectivity index (χ1) is 17.4. The van der Waals surface area contributed by atoms with Crippen LogP contribution in [0.1, 0.15) is 43.0 Å². The molecule has 0 aliphatic carbocycles. The van der Waals surface area contributed by atoms with Crippen LogP contribution in [0.3, 0.4) is 0 Å². The second kappa shape index (κ2) is 11.3. The Labute approximate surface area is 218 Å². The second-order valence-corrected chi connectivity index (χ2v) is 11.5. The molecule has 0 aliphatic rings. The summed E-state index contributed by atoms with van der Waals surface area (Å²) in [6.45, 7) is 6.15. The molecule has 0 radical (unpaired) electrons. The largest absolute Gasteiger partial charge is 0.494 e. The smallest absolute Gasteiger partial charge is 0.203 e. The van der Waals surface area contributed by atoms with Crippen LogP contribution in [0.4, 0.5) is 4.39 Å². The molecule has 0 atom stereocenters. The molecule has 0 saturated carbocycles. The van der Waals surface area contributed by atoms with Crippen molar-refractivity contribution in [2.75, 3.05) is 28.4 Å². The fourth-order valence-electron chi connectivity index (χ4n) is 3.89. The van der Waals surface area contributed by atoms with Crippen molar-refractivity contribution in [2.24, 2.45) is 0 Å². The third-order valence-corrected chi connectivity index (χ3v) is 7.68. The zero-order chi connectivity index (χ0) is 27.4. The molecule has 3 aromatic carbocycles. The van der Waals surface area contributed by atoms with E-state index in [4.69, 9.17) is 18.9 Å². The van der Waals surface area contributed by atoms with Crippen LogP contribution in [0.5, 0.6) is 23.0 Å². The van der Waals surface area contributed by atoms with E-state index in [1.165, 1.54) is 34.5 Å². The molecule has 0 amide bonds. The number of methoxy groups -OCH3 is 4. The van der Waals surface area contributed by atoms with Gasteiger partial charge in [0.2, 0.25) is 5.75 Å². The molecule has 3 rings (SSSR count). The second-order valence-electron chi connectivity index (χ2n) is 9.48. The van der Waals surface area contributed by atoms with E-state index in [2.05, 4.69) is 20.8 Å². The summed E-state index contributed by atoms with van der Waals surface area (Å²) in [4.78, 5) is 0.127. The molecule has 0 fully saturated rings. The van der Waals surface area contributed by atoms with Crippen LogP contribution in [0.25, 0.3) is 12.2 Å². The lowest BCUT2D eigenvalue weighted by Gasteiger charge is -2.19. The SMILES string of the molecule is COc1ccc(/C=C\c2cc(OC)c(OC)c(OC)c2)c(CS(=O)(=O)c2ccc(C(C)(C)C)cc2)c1F. The van der Waals surface area contributed by atoms with E-state index >= 15 is 4.39 Å². The van der Waals surface area contributed by atoms with E-state index in [1.54, 1.807) is 54.6 Å². The zero-order valence-corrected chi connectivity index (χ0v) is 23.0. The highest BCUT2D eigenvalue weighted by Gasteiger charge is 2.23. The van der Waals surface area contributed by atoms with Crippen molar-refractivity contribution in [2.45, 2.75) is 36.8 Å². The number of sulfone groups is 1. The van der Waals surface area contributed by atoms with Crippen molar-refractivity contribution in [3.8, 4) is 23.0 Å². The maximum atomic E-state index is 15.4. The van der Waals surface area contributed by atoms with Crippen LogP contribution >= 0.6 is 0 Å². The van der Waals surface area contributed by atoms with Gasteiger partial charge >= 0.3 is 0 Å². The van der Waals surface area contributed by atoms with E-state index in [-0.39, 0.29) is 21.6 Å². The Morgan fingerprint density at radius 3 is 1.84 bits per heavy atom. The van der Waals surface area contributed by atoms with Gasteiger partial charge in [-0.1, -0.05) is 51.1 Å². The van der Waals surface area contributed by atoms with E-state index in [0.717, 1.165) is 5.56 Å². The monoisotopic (exact) mass is 528 g/mol. The van der Waals surface area contributed by atoms with Crippen LogP contribution in [0.2, 0.25) is 0 Å². The lowest BCUT2D eigenvalue weighted by Crippen LogP contribution is -2.12. The Morgan fingerprint density at radius 1 is 0.784 bits per heavy atom. The summed E-state index contributed by atoms with van der Waals surface area (Å²) in [6.07, 6.45) is 3.37. The molecule has 0 unspecified atom stereocenters. The van der Waals surface area contributed by atoms with Crippen LogP contribution < -0.4 is 18.9 Å². The molecule has 0 bridgehead atoms. The summed E-state index contributed by atoms with van der Waals surface area (Å²) in [5, 5.41) is 0. The van der Waals surface area contributed by atoms with Crippen molar-refractivity contribution >= 4 is 22.0 Å². The number of rotatable bonds is 9. The molecule has 8 heteroatoms. The Bertz CT molecular complexity index is 1360. The molecule has 3 aromatic rings. The van der Waals surface area contributed by atoms with Crippen molar-refractivity contribution in [3.63, 3.8) is 0 Å². The van der Waals surface area contributed by atoms with Gasteiger partial charge in [-0.2, -0.15) is 0 Å². The number of ether oxygens (including phenoxy) is 4. The highest BCUT2D eigenvalue weighted by Crippen LogP contribution is 2.39. The standard InChI is InChI=1S/C29H33FO6S/c1-29(2,3)21-11-13-22(14-12-21)37(31,32)18-23-20(10-15-24(33-4)27(23)30)9-8-19-16-25(34-5)28(36-7)26(17-19)35-6/h8-17H,18H2,1-7H3/b9-8-. The zero-order valence-electron chi connectivity index (χ0n) is 22.2. The first-order valence-electron chi connectivity index (χ1n) is 11.6. The first kappa shape index (κ1) is 28.1. The van der Waals surface area contributed by atoms with Crippen molar-refractivity contribution in [3.05, 3.63) is 76.6 Å². The Morgan fingerprint density at radius 2 is 1.35 bits per heavy atom. The minimum Gasteiger partial charge on any atom is -0.494 e. The Balaban J connectivity index is 2.03. The Kier molecular flexibility index (Phi) is 8.53. The molecule has 198 valence electrons. The summed E-state index contributed by atoms with van der Waals surface area (Å²) in [6, 6.07) is 13.3. The Hall–Kier alpha value is -3.52. The van der Waals surface area contributed by atoms with Crippen LogP contribution in [0, 0.1) is 5.82 Å². The highest BCUT2D eigenvalue weighted by molar-refractivity contribution is 7.90. The third kappa shape index (κ3) is 6.25. The maximum Gasteiger partial charge on any atom is 0.203 e. The van der Waals surface area contributed by atoms with Crippen LogP contribution in [-0.4, -0.2) is 36.9 Å². The fraction of sp³-hybridized carbons (Fsp3) is 0.310. The molecule has 0 spiro atoms. The van der Waals surface area contributed by atoms with E-state index < -0.39 is 21.4 Å². The average Bonchev–Trinajstić information content (AvgIpc) is 2.87. The minimum atomic E-state index is -3.84. The van der Waals surface area contributed by atoms with Crippen molar-refractivity contribution < 1.29 is 31.8 Å². The summed E-state index contributed by atoms with van der Waals surface area (Å²) >= 11 is 0. The molecule has 0 N–H and O–H groups in total. The van der Waals surface area contributed by atoms with Gasteiger partial charge in [0.25, 0.3) is 0 Å². The summed E-state index contributed by atoms with van der Waals surface area (Å²) in [7, 11) is 2.04. The molecule has 0 heterocycles. The lowest BCUT2D eigenvalue weighted by atomic mass is 9.87. The predicted octanol–water partition coefficient (Wildman–Crippen LogP) is 6.30. The van der Waals surface area contributed by atoms with Gasteiger partial charge in [-0.15, -0.1) is 0 Å². The number of halogens is 1. The highest BCUT2D eigenvalue weighted by atomic mass is 32.2. The quantitative estimate of drug-likeness (QED) is 0.304. The van der Waals surface area contributed by atoms with E-state index in [1.807, 2.05) is 0 Å². The fourth-order valence-corrected chi connectivity index (χ4v) is 5.29. The van der Waals surface area contributed by atoms with Gasteiger partial charge in [-0.05, 0) is 52.4 Å². The van der Waals surface area contributed by atoms with Gasteiger partial charge in [0.05, 0.1) is 39.1 Å². The number of hydrogen-bond acceptors (Lipinski definition) is 6. The summed E-state index contributed by atoms with van der Waals surface area (Å²) < 4.78 is 63.2. The normalized spacial score (nSPS) is 12.0. The molecule has 0 aromatic heterocycles. The lowest BCUT2D eigenvalue weighted by molar-refractivity contribution is 0.324. The maximum absolute atomic E-state index is 15.4. The van der Waals surface area contributed by atoms with Gasteiger partial charge in [-0.25, -0.2) is 12.8 Å². The third-order valence-electron chi connectivity index (χ3n) is 6.02. The van der Waals surface area contributed by atoms with Gasteiger partial charge in [0, 0.05) is 5.56 Å². The summed E-state index contributed by atoms with van der Waals surface area (Å²) in [5.74, 6) is 0.0946. The molecule has 6 nitrogen and oxygen atoms in total. The first-order valence-corrected chi connectivity index (χ1v) is 13.3. The molecular formula is C29H33FO6S. The van der Waals surface area contributed by atoms with Crippen LogP contribution in [0.15, 0.2) is 53.4 Å². The van der Waals surface area contributed by atoms with Crippen molar-refractivity contribution in [1.82, 2.24) is 0 Å². The summed E-state index contributed by atoms with van der Waals surface area (Å²) in [5.41, 5.74) is 2.00. The van der Waals surface area contributed by atoms with Gasteiger partial charge < -0.3 is 18.9 Å². The topological polar surface area (TPSA) is 71.1 Å². The van der Waals surface area contributed by atoms with Gasteiger partial charge in [0.15, 0.2) is 32.9 Å². The van der Waals surface area contributed by atoms with Crippen LogP contribution in [-0.2, 0) is 21.0 Å². The minimum absolute atomic E-state index is 0.0166. The number of benzene rings is 3. The molecule has 0 saturated heterocycles. The molecule has 37 heavy (non-hydrogen) atoms. The molecular weight excluding hydrogens is 495 g/mol. The van der Waals surface area contributed by atoms with Gasteiger partial charge in [-0.3, -0.25) is 0 Å². The average molecular weight is 529 g/mol. The predicted molar refractivity (Wildman–Crippen MR) is 144 cm³/mol. The van der Waals surface area contributed by atoms with E-state index in [0.29, 0.717) is 28.4 Å².